The number of benzene rings is 1. The Morgan fingerprint density at radius 2 is 2.00 bits per heavy atom. The van der Waals surface area contributed by atoms with Gasteiger partial charge in [-0.3, -0.25) is 4.79 Å². The molecule has 0 saturated heterocycles. The first-order valence-corrected chi connectivity index (χ1v) is 7.11. The van der Waals surface area contributed by atoms with Crippen molar-refractivity contribution in [1.82, 2.24) is 10.6 Å². The summed E-state index contributed by atoms with van der Waals surface area (Å²) in [5.41, 5.74) is 7.26. The highest BCUT2D eigenvalue weighted by molar-refractivity contribution is 5.94. The van der Waals surface area contributed by atoms with E-state index in [1.807, 2.05) is 38.1 Å². The lowest BCUT2D eigenvalue weighted by Gasteiger charge is -2.16. The van der Waals surface area contributed by atoms with Crippen molar-refractivity contribution in [2.24, 2.45) is 10.9 Å². The average Bonchev–Trinajstić information content (AvgIpc) is 2.50. The molecule has 1 aromatic rings. The van der Waals surface area contributed by atoms with Crippen molar-refractivity contribution in [2.75, 3.05) is 13.1 Å². The van der Waals surface area contributed by atoms with Gasteiger partial charge in [0.2, 0.25) is 0 Å². The molecule has 0 radical (unpaired) electrons. The Morgan fingerprint density at radius 3 is 2.57 bits per heavy atom. The summed E-state index contributed by atoms with van der Waals surface area (Å²) in [5, 5.41) is 17.6. The summed E-state index contributed by atoms with van der Waals surface area (Å²) in [5.74, 6) is 0.124. The first-order valence-electron chi connectivity index (χ1n) is 7.11. The van der Waals surface area contributed by atoms with Crippen LogP contribution < -0.4 is 16.4 Å². The van der Waals surface area contributed by atoms with E-state index in [4.69, 9.17) is 10.9 Å². The molecule has 0 aliphatic heterocycles. The van der Waals surface area contributed by atoms with Crippen molar-refractivity contribution < 1.29 is 10.0 Å². The molecule has 6 heteroatoms. The smallest absolute Gasteiger partial charge is 0.251 e. The maximum absolute atomic E-state index is 11.9. The zero-order valence-corrected chi connectivity index (χ0v) is 12.6. The lowest BCUT2D eigenvalue weighted by Crippen LogP contribution is -2.38. The number of nitrogens with one attached hydrogen (secondary N) is 2. The Balaban J connectivity index is 2.29. The van der Waals surface area contributed by atoms with E-state index in [1.54, 1.807) is 0 Å². The highest BCUT2D eigenvalue weighted by atomic mass is 16.4. The van der Waals surface area contributed by atoms with Gasteiger partial charge in [-0.1, -0.05) is 29.8 Å². The van der Waals surface area contributed by atoms with Crippen LogP contribution in [0.4, 0.5) is 0 Å². The number of hydrogen-bond donors (Lipinski definition) is 4. The predicted molar refractivity (Wildman–Crippen MR) is 83.6 cm³/mol. The SMILES string of the molecule is CCC(CC(N)=NO)NCCNC(=O)c1ccc(C)cc1. The van der Waals surface area contributed by atoms with Gasteiger partial charge < -0.3 is 21.6 Å². The minimum Gasteiger partial charge on any atom is -0.409 e. The number of aryl methyl sites for hydroxylation is 1. The average molecular weight is 292 g/mol. The fourth-order valence-corrected chi connectivity index (χ4v) is 1.91. The number of nitrogens with zero attached hydrogens (tertiary/aromatic N) is 1. The normalized spacial score (nSPS) is 13.0. The Labute approximate surface area is 125 Å². The van der Waals surface area contributed by atoms with Gasteiger partial charge in [-0.2, -0.15) is 0 Å². The standard InChI is InChI=1S/C15H24N4O2/c1-3-13(10-14(16)19-21)17-8-9-18-15(20)12-6-4-11(2)5-7-12/h4-7,13,17,21H,3,8-10H2,1-2H3,(H2,16,19)(H,18,20). The predicted octanol–water partition coefficient (Wildman–Crippen LogP) is 1.23. The van der Waals surface area contributed by atoms with Gasteiger partial charge in [0, 0.05) is 31.1 Å². The van der Waals surface area contributed by atoms with Crippen molar-refractivity contribution in [3.05, 3.63) is 35.4 Å². The minimum atomic E-state index is -0.0821. The summed E-state index contributed by atoms with van der Waals surface area (Å²) in [6.45, 7) is 5.17. The number of amidine groups is 1. The van der Waals surface area contributed by atoms with E-state index in [-0.39, 0.29) is 17.8 Å². The molecule has 0 aromatic heterocycles. The molecule has 1 amide bonds. The second-order valence-electron chi connectivity index (χ2n) is 4.98. The molecule has 21 heavy (non-hydrogen) atoms. The molecule has 0 bridgehead atoms. The zero-order chi connectivity index (χ0) is 15.7. The van der Waals surface area contributed by atoms with Gasteiger partial charge in [-0.15, -0.1) is 0 Å². The molecule has 0 saturated carbocycles. The molecule has 1 atom stereocenters. The molecule has 6 nitrogen and oxygen atoms in total. The molecule has 0 heterocycles. The van der Waals surface area contributed by atoms with Gasteiger partial charge in [0.1, 0.15) is 5.84 Å². The zero-order valence-electron chi connectivity index (χ0n) is 12.6. The molecule has 0 fully saturated rings. The number of nitrogens with two attached hydrogens (primary N) is 1. The van der Waals surface area contributed by atoms with Crippen molar-refractivity contribution in [1.29, 1.82) is 0 Å². The van der Waals surface area contributed by atoms with Gasteiger partial charge in [0.15, 0.2) is 0 Å². The highest BCUT2D eigenvalue weighted by Crippen LogP contribution is 2.02. The van der Waals surface area contributed by atoms with Crippen LogP contribution in [0.15, 0.2) is 29.4 Å². The number of rotatable bonds is 8. The van der Waals surface area contributed by atoms with E-state index < -0.39 is 0 Å². The third kappa shape index (κ3) is 6.27. The van der Waals surface area contributed by atoms with Crippen LogP contribution in [0.2, 0.25) is 0 Å². The molecule has 0 aliphatic rings. The van der Waals surface area contributed by atoms with Crippen molar-refractivity contribution in [3.63, 3.8) is 0 Å². The molecule has 116 valence electrons. The van der Waals surface area contributed by atoms with Gasteiger partial charge in [-0.25, -0.2) is 0 Å². The van der Waals surface area contributed by atoms with Crippen LogP contribution in [0, 0.1) is 6.92 Å². The van der Waals surface area contributed by atoms with Crippen molar-refractivity contribution in [3.8, 4) is 0 Å². The van der Waals surface area contributed by atoms with Crippen molar-refractivity contribution in [2.45, 2.75) is 32.7 Å². The van der Waals surface area contributed by atoms with Crippen molar-refractivity contribution >= 4 is 11.7 Å². The van der Waals surface area contributed by atoms with Crippen LogP contribution in [0.5, 0.6) is 0 Å². The van der Waals surface area contributed by atoms with Crippen LogP contribution in [0.25, 0.3) is 0 Å². The lowest BCUT2D eigenvalue weighted by atomic mass is 10.1. The molecular formula is C15H24N4O2. The van der Waals surface area contributed by atoms with Crippen LogP contribution in [0.1, 0.15) is 35.7 Å². The summed E-state index contributed by atoms with van der Waals surface area (Å²) in [4.78, 5) is 11.9. The second kappa shape index (κ2) is 8.97. The third-order valence-corrected chi connectivity index (χ3v) is 3.23. The molecular weight excluding hydrogens is 268 g/mol. The number of oxime groups is 1. The highest BCUT2D eigenvalue weighted by Gasteiger charge is 2.08. The first-order chi connectivity index (χ1) is 10.1. The molecule has 5 N–H and O–H groups in total. The molecule has 1 unspecified atom stereocenters. The van der Waals surface area contributed by atoms with E-state index in [0.717, 1.165) is 12.0 Å². The number of amides is 1. The van der Waals surface area contributed by atoms with Gasteiger partial charge >= 0.3 is 0 Å². The number of hydrogen-bond acceptors (Lipinski definition) is 4. The van der Waals surface area contributed by atoms with Gasteiger partial charge in [-0.05, 0) is 25.5 Å². The fraction of sp³-hybridized carbons (Fsp3) is 0.467. The van der Waals surface area contributed by atoms with E-state index in [9.17, 15) is 4.79 Å². The Morgan fingerprint density at radius 1 is 1.33 bits per heavy atom. The second-order valence-corrected chi connectivity index (χ2v) is 4.98. The van der Waals surface area contributed by atoms with Crippen LogP contribution in [0.3, 0.4) is 0 Å². The minimum absolute atomic E-state index is 0.0821. The van der Waals surface area contributed by atoms with Crippen LogP contribution in [-0.4, -0.2) is 36.1 Å². The number of carbonyl (C=O) groups excluding carboxylic acids is 1. The van der Waals surface area contributed by atoms with E-state index in [0.29, 0.717) is 25.1 Å². The van der Waals surface area contributed by atoms with E-state index in [2.05, 4.69) is 15.8 Å². The quantitative estimate of drug-likeness (QED) is 0.190. The molecule has 0 aliphatic carbocycles. The summed E-state index contributed by atoms with van der Waals surface area (Å²) >= 11 is 0. The van der Waals surface area contributed by atoms with Crippen LogP contribution in [-0.2, 0) is 0 Å². The van der Waals surface area contributed by atoms with Crippen LogP contribution >= 0.6 is 0 Å². The molecule has 1 rings (SSSR count). The monoisotopic (exact) mass is 292 g/mol. The maximum atomic E-state index is 11.9. The Bertz CT molecular complexity index is 471. The third-order valence-electron chi connectivity index (χ3n) is 3.23. The molecule has 0 spiro atoms. The van der Waals surface area contributed by atoms with E-state index >= 15 is 0 Å². The first kappa shape index (κ1) is 17.0. The maximum Gasteiger partial charge on any atom is 0.251 e. The summed E-state index contributed by atoms with van der Waals surface area (Å²) < 4.78 is 0. The lowest BCUT2D eigenvalue weighted by molar-refractivity contribution is 0.0953. The Hall–Kier alpha value is -2.08. The number of carbonyl (C=O) groups is 1. The van der Waals surface area contributed by atoms with E-state index in [1.165, 1.54) is 0 Å². The molecule has 1 aromatic carbocycles. The van der Waals surface area contributed by atoms with Gasteiger partial charge in [0.05, 0.1) is 0 Å². The summed E-state index contributed by atoms with van der Waals surface area (Å²) in [6, 6.07) is 7.59. The topological polar surface area (TPSA) is 99.7 Å². The largest absolute Gasteiger partial charge is 0.409 e. The summed E-state index contributed by atoms with van der Waals surface area (Å²) in [6.07, 6.45) is 1.35. The summed E-state index contributed by atoms with van der Waals surface area (Å²) in [7, 11) is 0. The fourth-order valence-electron chi connectivity index (χ4n) is 1.91. The van der Waals surface area contributed by atoms with Gasteiger partial charge in [0.25, 0.3) is 5.91 Å². The Kier molecular flexibility index (Phi) is 7.25.